The summed E-state index contributed by atoms with van der Waals surface area (Å²) in [5, 5.41) is 150. The van der Waals surface area contributed by atoms with E-state index in [4.69, 9.17) is 18.9 Å². The fourth-order valence-electron chi connectivity index (χ4n) is 6.70. The first-order chi connectivity index (χ1) is 26.3. The van der Waals surface area contributed by atoms with E-state index in [1.165, 1.54) is 0 Å². The molecule has 5 atom stereocenters. The Balaban J connectivity index is 1.48. The Kier molecular flexibility index (Phi) is 8.13. The minimum absolute atomic E-state index is 0.403. The van der Waals surface area contributed by atoms with Crippen molar-refractivity contribution >= 4 is 23.9 Å². The van der Waals surface area contributed by atoms with Gasteiger partial charge in [-0.25, -0.2) is 19.2 Å². The number of carbonyl (C=O) groups excluding carboxylic acids is 4. The molecule has 8 rings (SSSR count). The number of cyclic esters (lactones) is 2. The van der Waals surface area contributed by atoms with Gasteiger partial charge in [-0.05, 0) is 18.2 Å². The summed E-state index contributed by atoms with van der Waals surface area (Å²) in [5.74, 6) is -22.9. The molecule has 0 saturated carbocycles. The molecule has 0 saturated heterocycles. The molecular formula is C34H24O22. The molecule has 4 aliphatic rings. The molecule has 14 N–H and O–H groups in total. The average molecular weight is 785 g/mol. The van der Waals surface area contributed by atoms with E-state index in [2.05, 4.69) is 0 Å². The lowest BCUT2D eigenvalue weighted by Crippen LogP contribution is -2.55. The van der Waals surface area contributed by atoms with Crippen molar-refractivity contribution < 1.29 is 110 Å². The maximum absolute atomic E-state index is 14.1. The largest absolute Gasteiger partial charge is 0.504 e. The van der Waals surface area contributed by atoms with Crippen LogP contribution in [0.15, 0.2) is 18.2 Å². The third-order valence-electron chi connectivity index (χ3n) is 9.33. The van der Waals surface area contributed by atoms with Crippen molar-refractivity contribution in [3.8, 4) is 91.2 Å². The van der Waals surface area contributed by atoms with Crippen molar-refractivity contribution in [3.63, 3.8) is 0 Å². The second-order valence-electron chi connectivity index (χ2n) is 12.5. The Morgan fingerprint density at radius 3 is 1.29 bits per heavy atom. The van der Waals surface area contributed by atoms with Crippen molar-refractivity contribution in [1.82, 2.24) is 0 Å². The summed E-state index contributed by atoms with van der Waals surface area (Å²) in [4.78, 5) is 55.1. The topological polar surface area (TPSA) is 388 Å². The fourth-order valence-corrected chi connectivity index (χ4v) is 6.70. The van der Waals surface area contributed by atoms with Crippen molar-refractivity contribution in [3.05, 3.63) is 46.0 Å². The molecule has 4 aromatic rings. The van der Waals surface area contributed by atoms with Crippen LogP contribution in [0, 0.1) is 0 Å². The van der Waals surface area contributed by atoms with Gasteiger partial charge in [0.2, 0.25) is 23.0 Å². The molecule has 22 nitrogen and oxygen atoms in total. The summed E-state index contributed by atoms with van der Waals surface area (Å²) < 4.78 is 21.3. The molecule has 0 radical (unpaired) electrons. The Morgan fingerprint density at radius 1 is 0.411 bits per heavy atom. The molecule has 0 fully saturated rings. The Morgan fingerprint density at radius 2 is 0.804 bits per heavy atom. The van der Waals surface area contributed by atoms with Gasteiger partial charge in [0.1, 0.15) is 18.8 Å². The van der Waals surface area contributed by atoms with Crippen LogP contribution in [0.1, 0.15) is 53.1 Å². The van der Waals surface area contributed by atoms with Crippen molar-refractivity contribution in [2.75, 3.05) is 6.61 Å². The second-order valence-corrected chi connectivity index (χ2v) is 12.5. The van der Waals surface area contributed by atoms with Crippen LogP contribution in [-0.4, -0.2) is 126 Å². The summed E-state index contributed by atoms with van der Waals surface area (Å²) in [5.41, 5.74) is -9.23. The quantitative estimate of drug-likeness (QED) is 0.0703. The number of esters is 4. The molecule has 0 aromatic heterocycles. The highest BCUT2D eigenvalue weighted by molar-refractivity contribution is 6.11. The molecule has 22 heteroatoms. The lowest BCUT2D eigenvalue weighted by atomic mass is 9.82. The maximum atomic E-state index is 14.1. The minimum Gasteiger partial charge on any atom is -0.504 e. The predicted molar refractivity (Wildman–Crippen MR) is 173 cm³/mol. The number of aliphatic hydroxyl groups is 2. The number of phenols is 12. The lowest BCUT2D eigenvalue weighted by molar-refractivity contribution is -0.153. The molecular weight excluding hydrogens is 760 g/mol. The number of aromatic hydroxyl groups is 12. The van der Waals surface area contributed by atoms with E-state index in [1.807, 2.05) is 0 Å². The van der Waals surface area contributed by atoms with Crippen LogP contribution in [0.3, 0.4) is 0 Å². The van der Waals surface area contributed by atoms with Gasteiger partial charge in [-0.1, -0.05) is 0 Å². The van der Waals surface area contributed by atoms with Crippen LogP contribution in [0.5, 0.6) is 69.0 Å². The van der Waals surface area contributed by atoms with Gasteiger partial charge in [0, 0.05) is 27.8 Å². The highest BCUT2D eigenvalue weighted by Gasteiger charge is 2.53. The molecule has 56 heavy (non-hydrogen) atoms. The van der Waals surface area contributed by atoms with Gasteiger partial charge in [0.05, 0.1) is 22.3 Å². The summed E-state index contributed by atoms with van der Waals surface area (Å²) in [7, 11) is 0. The second kappa shape index (κ2) is 12.4. The van der Waals surface area contributed by atoms with E-state index in [0.29, 0.717) is 18.2 Å². The third kappa shape index (κ3) is 5.03. The van der Waals surface area contributed by atoms with Gasteiger partial charge < -0.3 is 90.4 Å². The summed E-state index contributed by atoms with van der Waals surface area (Å²) in [6.07, 6.45) is -12.4. The number of hydrogen-bond donors (Lipinski definition) is 14. The zero-order chi connectivity index (χ0) is 41.0. The first kappa shape index (κ1) is 36.6. The van der Waals surface area contributed by atoms with Gasteiger partial charge in [0.15, 0.2) is 64.3 Å². The number of rotatable bonds is 1. The predicted octanol–water partition coefficient (Wildman–Crippen LogP) is 0.356. The number of hydrogen-bond acceptors (Lipinski definition) is 22. The van der Waals surface area contributed by atoms with Crippen LogP contribution >= 0.6 is 0 Å². The van der Waals surface area contributed by atoms with E-state index in [9.17, 15) is 90.7 Å². The fraction of sp³-hybridized carbons (Fsp3) is 0.176. The monoisotopic (exact) mass is 784 g/mol. The van der Waals surface area contributed by atoms with Gasteiger partial charge >= 0.3 is 23.9 Å². The standard InChI is InChI=1S/C34H24O22/c35-8-1-5-12(21(42)18(8)39)13-6(2-9(36)19(40)22(13)43)32(50)54-28(11(38)4-53-31(5)49)30-29-26(47)17-16(34(52)55-29)15(24(45)27(48)25(17)46)14-7(33(51)56-30)3-10(37)20(41)23(14)44/h1-3,11,26,28-30,35-48H,4H2/t11-,26+,28+,29+,30+/m1/s1. The summed E-state index contributed by atoms with van der Waals surface area (Å²) >= 11 is 0. The number of aliphatic hydroxyl groups excluding tert-OH is 2. The zero-order valence-corrected chi connectivity index (χ0v) is 27.4. The number of fused-ring (bicyclic) bond motifs is 6. The molecule has 4 aromatic carbocycles. The first-order valence-electron chi connectivity index (χ1n) is 15.6. The Labute approximate surface area is 307 Å². The lowest BCUT2D eigenvalue weighted by Gasteiger charge is -2.40. The Bertz CT molecular complexity index is 2470. The van der Waals surface area contributed by atoms with E-state index in [-0.39, 0.29) is 0 Å². The molecule has 0 amide bonds. The SMILES string of the molecule is O=C1OC[C@@H](O)[C@@H]([C@@H]2OC(=O)c3cc(O)c(O)c(O)c3-c3c(O)c(O)c(O)c4c3C(=O)O[C@H]2[C@H]4O)OC(=O)c2cc(O)c(O)c(O)c2-c2c1cc(O)c(O)c2O. The molecule has 4 aliphatic heterocycles. The van der Waals surface area contributed by atoms with Gasteiger partial charge in [-0.3, -0.25) is 0 Å². The summed E-state index contributed by atoms with van der Waals surface area (Å²) in [6.45, 7) is -1.31. The van der Waals surface area contributed by atoms with Crippen LogP contribution in [0.25, 0.3) is 22.3 Å². The highest BCUT2D eigenvalue weighted by atomic mass is 16.6. The average Bonchev–Trinajstić information content (AvgIpc) is 3.16. The van der Waals surface area contributed by atoms with Crippen molar-refractivity contribution in [1.29, 1.82) is 0 Å². The smallest absolute Gasteiger partial charge is 0.339 e. The number of phenolic OH excluding ortho intramolecular Hbond substituents is 12. The zero-order valence-electron chi connectivity index (χ0n) is 27.4. The van der Waals surface area contributed by atoms with E-state index >= 15 is 0 Å². The first-order valence-corrected chi connectivity index (χ1v) is 15.6. The molecule has 4 bridgehead atoms. The van der Waals surface area contributed by atoms with Crippen LogP contribution in [0.2, 0.25) is 0 Å². The van der Waals surface area contributed by atoms with Gasteiger partial charge in [-0.2, -0.15) is 0 Å². The third-order valence-corrected chi connectivity index (χ3v) is 9.33. The van der Waals surface area contributed by atoms with Crippen LogP contribution < -0.4 is 0 Å². The highest BCUT2D eigenvalue weighted by Crippen LogP contribution is 2.58. The molecule has 292 valence electrons. The number of benzene rings is 4. The number of carbonyl (C=O) groups is 4. The maximum Gasteiger partial charge on any atom is 0.339 e. The van der Waals surface area contributed by atoms with E-state index in [1.54, 1.807) is 0 Å². The molecule has 0 aliphatic carbocycles. The van der Waals surface area contributed by atoms with Crippen LogP contribution in [-0.2, 0) is 18.9 Å². The number of ether oxygens (including phenoxy) is 4. The van der Waals surface area contributed by atoms with Crippen LogP contribution in [0.4, 0.5) is 0 Å². The Hall–Kier alpha value is -7.72. The summed E-state index contributed by atoms with van der Waals surface area (Å²) in [6, 6.07) is 1.33. The minimum atomic E-state index is -2.55. The van der Waals surface area contributed by atoms with Crippen molar-refractivity contribution in [2.24, 2.45) is 0 Å². The molecule has 0 spiro atoms. The normalized spacial score (nSPS) is 21.6. The molecule has 4 heterocycles. The van der Waals surface area contributed by atoms with E-state index < -0.39 is 180 Å². The molecule has 0 unspecified atom stereocenters. The van der Waals surface area contributed by atoms with E-state index in [0.717, 1.165) is 0 Å². The van der Waals surface area contributed by atoms with Gasteiger partial charge in [-0.15, -0.1) is 0 Å². The van der Waals surface area contributed by atoms with Gasteiger partial charge in [0.25, 0.3) is 0 Å². The van der Waals surface area contributed by atoms with Crippen molar-refractivity contribution in [2.45, 2.75) is 30.5 Å².